The maximum atomic E-state index is 11.5. The van der Waals surface area contributed by atoms with Gasteiger partial charge in [-0.15, -0.1) is 12.4 Å². The van der Waals surface area contributed by atoms with Crippen molar-refractivity contribution < 1.29 is 24.4 Å². The van der Waals surface area contributed by atoms with E-state index >= 15 is 0 Å². The number of nitrogens with zero attached hydrogens (tertiary/aromatic N) is 3. The van der Waals surface area contributed by atoms with Gasteiger partial charge in [-0.2, -0.15) is 0 Å². The Morgan fingerprint density at radius 3 is 1.82 bits per heavy atom. The molecule has 0 aliphatic rings. The third-order valence-corrected chi connectivity index (χ3v) is 3.58. The van der Waals surface area contributed by atoms with Gasteiger partial charge in [0.2, 0.25) is 0 Å². The fourth-order valence-corrected chi connectivity index (χ4v) is 2.07. The quantitative estimate of drug-likeness (QED) is 0.446. The maximum absolute atomic E-state index is 11.5. The smallest absolute Gasteiger partial charge is 0.335 e. The largest absolute Gasteiger partial charge is 0.478 e. The van der Waals surface area contributed by atoms with E-state index in [1.807, 2.05) is 0 Å². The molecule has 0 atom stereocenters. The van der Waals surface area contributed by atoms with E-state index in [9.17, 15) is 9.59 Å². The van der Waals surface area contributed by atoms with Crippen molar-refractivity contribution in [1.82, 2.24) is 20.5 Å². The second-order valence-corrected chi connectivity index (χ2v) is 6.06. The maximum Gasteiger partial charge on any atom is 0.335 e. The van der Waals surface area contributed by atoms with Gasteiger partial charge in [0.05, 0.1) is 19.8 Å². The number of carbonyl (C=O) groups excluding carboxylic acids is 1. The average Bonchev–Trinajstić information content (AvgIpc) is 2.67. The first kappa shape index (κ1) is 28.6. The second kappa shape index (κ2) is 16.3. The van der Waals surface area contributed by atoms with E-state index in [0.717, 1.165) is 5.06 Å². The Kier molecular flexibility index (Phi) is 16.7. The van der Waals surface area contributed by atoms with Crippen molar-refractivity contribution >= 4 is 56.1 Å². The zero-order valence-electron chi connectivity index (χ0n) is 15.6. The Bertz CT molecular complexity index is 738. The van der Waals surface area contributed by atoms with Crippen LogP contribution in [0.25, 0.3) is 0 Å². The van der Waals surface area contributed by atoms with Crippen molar-refractivity contribution in [1.29, 1.82) is 0 Å². The highest BCUT2D eigenvalue weighted by Gasteiger charge is 2.10. The van der Waals surface area contributed by atoms with Crippen molar-refractivity contribution in [2.24, 2.45) is 0 Å². The number of carbonyl (C=O) groups is 2. The van der Waals surface area contributed by atoms with Gasteiger partial charge in [-0.25, -0.2) is 25.3 Å². The van der Waals surface area contributed by atoms with E-state index in [0.29, 0.717) is 14.8 Å². The summed E-state index contributed by atoms with van der Waals surface area (Å²) in [6.07, 6.45) is 2.99. The molecule has 2 heterocycles. The highest BCUT2D eigenvalue weighted by molar-refractivity contribution is 9.10. The van der Waals surface area contributed by atoms with Gasteiger partial charge in [-0.3, -0.25) is 9.63 Å². The highest BCUT2D eigenvalue weighted by atomic mass is 79.9. The molecule has 0 unspecified atom stereocenters. The molecule has 0 spiro atoms. The first-order chi connectivity index (χ1) is 12.8. The number of nitrogens with one attached hydrogen (secondary N) is 1. The van der Waals surface area contributed by atoms with Crippen LogP contribution in [0.4, 0.5) is 0 Å². The molecule has 2 N–H and O–H groups in total. The predicted octanol–water partition coefficient (Wildman–Crippen LogP) is 3.21. The lowest BCUT2D eigenvalue weighted by Crippen LogP contribution is -2.25. The molecule has 1 amide bonds. The number of pyridine rings is 2. The Morgan fingerprint density at radius 2 is 1.50 bits per heavy atom. The summed E-state index contributed by atoms with van der Waals surface area (Å²) in [6.45, 7) is 0. The third kappa shape index (κ3) is 12.0. The summed E-state index contributed by atoms with van der Waals surface area (Å²) in [5, 5.41) is 9.62. The van der Waals surface area contributed by atoms with Crippen molar-refractivity contribution in [2.75, 3.05) is 28.3 Å². The van der Waals surface area contributed by atoms with Crippen LogP contribution in [0.5, 0.6) is 0 Å². The van der Waals surface area contributed by atoms with Crippen LogP contribution in [0.3, 0.4) is 0 Å². The fraction of sp³-hybridized carbons (Fsp3) is 0.250. The number of carboxylic acids is 1. The first-order valence-electron chi connectivity index (χ1n) is 7.25. The van der Waals surface area contributed by atoms with Crippen LogP contribution >= 0.6 is 44.3 Å². The summed E-state index contributed by atoms with van der Waals surface area (Å²) >= 11 is 6.23. The molecule has 12 heteroatoms. The molecule has 0 bridgehead atoms. The molecule has 0 fully saturated rings. The normalized spacial score (nSPS) is 8.93. The lowest BCUT2D eigenvalue weighted by atomic mass is 10.2. The SMILES string of the molecule is CNOC.CON(C)C(=O)c1ccnc(Br)c1.Cl.O=C(O)c1ccnc(Br)c1. The number of aromatic carboxylic acids is 1. The molecule has 2 aromatic heterocycles. The van der Waals surface area contributed by atoms with Crippen molar-refractivity contribution in [3.63, 3.8) is 0 Å². The van der Waals surface area contributed by atoms with Gasteiger partial charge < -0.3 is 9.94 Å². The average molecular weight is 545 g/mol. The summed E-state index contributed by atoms with van der Waals surface area (Å²) in [5.74, 6) is -1.14. The summed E-state index contributed by atoms with van der Waals surface area (Å²) in [6, 6.07) is 6.15. The van der Waals surface area contributed by atoms with Crippen LogP contribution in [-0.4, -0.2) is 60.3 Å². The summed E-state index contributed by atoms with van der Waals surface area (Å²) < 4.78 is 1.16. The van der Waals surface area contributed by atoms with Gasteiger partial charge in [-0.1, -0.05) is 0 Å². The van der Waals surface area contributed by atoms with Crippen LogP contribution < -0.4 is 5.48 Å². The number of halogens is 3. The molecule has 0 radical (unpaired) electrons. The lowest BCUT2D eigenvalue weighted by Gasteiger charge is -2.13. The summed E-state index contributed by atoms with van der Waals surface area (Å²) in [7, 11) is 6.27. The van der Waals surface area contributed by atoms with Crippen molar-refractivity contribution in [2.45, 2.75) is 0 Å². The number of rotatable bonds is 4. The number of hydrogen-bond acceptors (Lipinski definition) is 7. The summed E-state index contributed by atoms with van der Waals surface area (Å²) in [4.78, 5) is 38.5. The van der Waals surface area contributed by atoms with Crippen LogP contribution in [0, 0.1) is 0 Å². The van der Waals surface area contributed by atoms with Gasteiger partial charge in [0.25, 0.3) is 5.91 Å². The molecule has 156 valence electrons. The molecule has 0 saturated heterocycles. The molecule has 2 rings (SSSR count). The molecule has 2 aromatic rings. The first-order valence-corrected chi connectivity index (χ1v) is 8.83. The number of hydroxylamine groups is 3. The van der Waals surface area contributed by atoms with Crippen LogP contribution in [0.1, 0.15) is 20.7 Å². The van der Waals surface area contributed by atoms with Gasteiger partial charge in [-0.05, 0) is 56.1 Å². The van der Waals surface area contributed by atoms with Gasteiger partial charge >= 0.3 is 5.97 Å². The van der Waals surface area contributed by atoms with E-state index in [-0.39, 0.29) is 23.9 Å². The Labute approximate surface area is 186 Å². The molecule has 0 aromatic carbocycles. The minimum absolute atomic E-state index is 0. The second-order valence-electron chi connectivity index (χ2n) is 4.43. The molecular formula is C16H21Br2ClN4O5. The number of amides is 1. The monoisotopic (exact) mass is 542 g/mol. The molecule has 28 heavy (non-hydrogen) atoms. The van der Waals surface area contributed by atoms with Gasteiger partial charge in [0.15, 0.2) is 0 Å². The Balaban J connectivity index is 0. The van der Waals surface area contributed by atoms with Crippen LogP contribution in [0.2, 0.25) is 0 Å². The Morgan fingerprint density at radius 1 is 1.07 bits per heavy atom. The highest BCUT2D eigenvalue weighted by Crippen LogP contribution is 2.09. The molecule has 9 nitrogen and oxygen atoms in total. The van der Waals surface area contributed by atoms with Gasteiger partial charge in [0.1, 0.15) is 9.21 Å². The van der Waals surface area contributed by atoms with Gasteiger partial charge in [0, 0.05) is 32.1 Å². The lowest BCUT2D eigenvalue weighted by molar-refractivity contribution is -0.0757. The zero-order chi connectivity index (χ0) is 20.8. The minimum atomic E-state index is -0.942. The number of hydrogen-bond donors (Lipinski definition) is 2. The molecule has 0 aliphatic carbocycles. The zero-order valence-corrected chi connectivity index (χ0v) is 19.5. The Hall–Kier alpha value is -1.63. The number of aromatic nitrogens is 2. The van der Waals surface area contributed by atoms with E-state index in [2.05, 4.69) is 52.1 Å². The van der Waals surface area contributed by atoms with Crippen LogP contribution in [0.15, 0.2) is 45.9 Å². The van der Waals surface area contributed by atoms with Crippen molar-refractivity contribution in [3.8, 4) is 0 Å². The van der Waals surface area contributed by atoms with Crippen molar-refractivity contribution in [3.05, 3.63) is 57.0 Å². The van der Waals surface area contributed by atoms with E-state index in [1.165, 1.54) is 25.4 Å². The predicted molar refractivity (Wildman–Crippen MR) is 113 cm³/mol. The van der Waals surface area contributed by atoms with E-state index in [4.69, 9.17) is 9.94 Å². The number of carboxylic acid groups (broad SMARTS) is 1. The summed E-state index contributed by atoms with van der Waals surface area (Å²) in [5.41, 5.74) is 3.20. The van der Waals surface area contributed by atoms with E-state index < -0.39 is 5.97 Å². The molecule has 0 saturated carbocycles. The van der Waals surface area contributed by atoms with Crippen LogP contribution in [-0.2, 0) is 9.68 Å². The standard InChI is InChI=1S/C8H9BrN2O2.C6H4BrNO2.C2H7NO.ClH/c1-11(13-2)8(12)6-3-4-10-7(9)5-6;7-5-3-4(6(9)10)1-2-8-5;1-3-4-2;/h3-5H,1-2H3;1-3H,(H,9,10);3H,1-2H3;1H. The topological polar surface area (TPSA) is 114 Å². The molecular weight excluding hydrogens is 523 g/mol. The minimum Gasteiger partial charge on any atom is -0.478 e. The fourth-order valence-electron chi connectivity index (χ4n) is 1.34. The molecule has 0 aliphatic heterocycles. The third-order valence-electron chi connectivity index (χ3n) is 2.71. The van der Waals surface area contributed by atoms with E-state index in [1.54, 1.807) is 39.5 Å².